The third-order valence-electron chi connectivity index (χ3n) is 2.67. The quantitative estimate of drug-likeness (QED) is 0.342. The molecule has 5 heteroatoms. The van der Waals surface area contributed by atoms with Crippen LogP contribution in [0.1, 0.15) is 41.0 Å². The van der Waals surface area contributed by atoms with Crippen LogP contribution in [-0.4, -0.2) is 51.4 Å². The van der Waals surface area contributed by atoms with Gasteiger partial charge in [0.1, 0.15) is 0 Å². The highest BCUT2D eigenvalue weighted by molar-refractivity contribution is 5.79. The number of nitrogens with zero attached hydrogens (tertiary/aromatic N) is 1. The molecular formula is C15H34N4O. The molecule has 0 bridgehead atoms. The molecule has 0 amide bonds. The van der Waals surface area contributed by atoms with Gasteiger partial charge in [0.25, 0.3) is 0 Å². The van der Waals surface area contributed by atoms with Crippen molar-refractivity contribution in [3.63, 3.8) is 0 Å². The van der Waals surface area contributed by atoms with Crippen LogP contribution in [0.2, 0.25) is 0 Å². The van der Waals surface area contributed by atoms with Crippen molar-refractivity contribution in [1.82, 2.24) is 16.0 Å². The Morgan fingerprint density at radius 1 is 1.05 bits per heavy atom. The van der Waals surface area contributed by atoms with Crippen molar-refractivity contribution in [1.29, 1.82) is 0 Å². The van der Waals surface area contributed by atoms with Gasteiger partial charge < -0.3 is 20.7 Å². The SMILES string of the molecule is CN=C(NCCNC(C)(C)C)NCCOCCC(C)C. The van der Waals surface area contributed by atoms with Gasteiger partial charge in [-0.25, -0.2) is 0 Å². The molecule has 120 valence electrons. The monoisotopic (exact) mass is 286 g/mol. The first-order valence-electron chi connectivity index (χ1n) is 7.62. The minimum atomic E-state index is 0.156. The molecule has 0 aromatic rings. The first-order valence-corrected chi connectivity index (χ1v) is 7.62. The predicted octanol–water partition coefficient (Wildman–Crippen LogP) is 1.60. The second-order valence-corrected chi connectivity index (χ2v) is 6.40. The van der Waals surface area contributed by atoms with E-state index in [1.807, 2.05) is 0 Å². The fraction of sp³-hybridized carbons (Fsp3) is 0.933. The molecule has 0 aliphatic carbocycles. The topological polar surface area (TPSA) is 57.7 Å². The van der Waals surface area contributed by atoms with Gasteiger partial charge in [-0.15, -0.1) is 0 Å². The second kappa shape index (κ2) is 10.9. The summed E-state index contributed by atoms with van der Waals surface area (Å²) in [4.78, 5) is 4.18. The summed E-state index contributed by atoms with van der Waals surface area (Å²) in [5.41, 5.74) is 0.156. The van der Waals surface area contributed by atoms with Crippen LogP contribution >= 0.6 is 0 Å². The Morgan fingerprint density at radius 3 is 2.25 bits per heavy atom. The Morgan fingerprint density at radius 2 is 1.70 bits per heavy atom. The lowest BCUT2D eigenvalue weighted by Crippen LogP contribution is -2.45. The van der Waals surface area contributed by atoms with Gasteiger partial charge in [0.05, 0.1) is 6.61 Å². The molecule has 0 spiro atoms. The summed E-state index contributed by atoms with van der Waals surface area (Å²) in [7, 11) is 1.78. The highest BCUT2D eigenvalue weighted by atomic mass is 16.5. The maximum atomic E-state index is 5.55. The average Bonchev–Trinajstić information content (AvgIpc) is 2.34. The van der Waals surface area contributed by atoms with E-state index < -0.39 is 0 Å². The molecule has 0 aromatic heterocycles. The van der Waals surface area contributed by atoms with Crippen LogP contribution in [0.5, 0.6) is 0 Å². The summed E-state index contributed by atoms with van der Waals surface area (Å²) in [5.74, 6) is 1.53. The second-order valence-electron chi connectivity index (χ2n) is 6.40. The molecule has 0 aliphatic rings. The fourth-order valence-electron chi connectivity index (χ4n) is 1.50. The summed E-state index contributed by atoms with van der Waals surface area (Å²) >= 11 is 0. The molecule has 5 nitrogen and oxygen atoms in total. The van der Waals surface area contributed by atoms with Crippen LogP contribution in [0, 0.1) is 5.92 Å². The molecule has 0 aliphatic heterocycles. The van der Waals surface area contributed by atoms with E-state index in [1.165, 1.54) is 0 Å². The van der Waals surface area contributed by atoms with Crippen LogP contribution in [0.3, 0.4) is 0 Å². The van der Waals surface area contributed by atoms with Gasteiger partial charge in [-0.2, -0.15) is 0 Å². The molecule has 20 heavy (non-hydrogen) atoms. The van der Waals surface area contributed by atoms with Gasteiger partial charge in [-0.05, 0) is 33.1 Å². The van der Waals surface area contributed by atoms with Gasteiger partial charge in [-0.1, -0.05) is 13.8 Å². The predicted molar refractivity (Wildman–Crippen MR) is 87.4 cm³/mol. The van der Waals surface area contributed by atoms with E-state index in [4.69, 9.17) is 4.74 Å². The molecule has 0 aromatic carbocycles. The lowest BCUT2D eigenvalue weighted by molar-refractivity contribution is 0.128. The van der Waals surface area contributed by atoms with Crippen LogP contribution in [0.25, 0.3) is 0 Å². The molecule has 0 radical (unpaired) electrons. The summed E-state index contributed by atoms with van der Waals surface area (Å²) in [6.45, 7) is 15.0. The van der Waals surface area contributed by atoms with Crippen LogP contribution < -0.4 is 16.0 Å². The van der Waals surface area contributed by atoms with Crippen molar-refractivity contribution in [3.05, 3.63) is 0 Å². The van der Waals surface area contributed by atoms with Crippen LogP contribution in [0.4, 0.5) is 0 Å². The van der Waals surface area contributed by atoms with E-state index in [0.29, 0.717) is 12.5 Å². The number of ether oxygens (including phenoxy) is 1. The fourth-order valence-corrected chi connectivity index (χ4v) is 1.50. The molecule has 3 N–H and O–H groups in total. The summed E-state index contributed by atoms with van der Waals surface area (Å²) in [5, 5.41) is 9.94. The zero-order valence-electron chi connectivity index (χ0n) is 14.2. The van der Waals surface area contributed by atoms with E-state index in [0.717, 1.165) is 38.6 Å². The Hall–Kier alpha value is -0.810. The van der Waals surface area contributed by atoms with E-state index in [9.17, 15) is 0 Å². The normalized spacial score (nSPS) is 12.8. The van der Waals surface area contributed by atoms with Crippen LogP contribution in [-0.2, 0) is 4.74 Å². The third kappa shape index (κ3) is 13.6. The van der Waals surface area contributed by atoms with Crippen molar-refractivity contribution in [2.75, 3.05) is 39.9 Å². The highest BCUT2D eigenvalue weighted by Crippen LogP contribution is 1.98. The molecule has 0 fully saturated rings. The maximum Gasteiger partial charge on any atom is 0.191 e. The third-order valence-corrected chi connectivity index (χ3v) is 2.67. The average molecular weight is 286 g/mol. The van der Waals surface area contributed by atoms with Gasteiger partial charge in [0.2, 0.25) is 0 Å². The van der Waals surface area contributed by atoms with E-state index in [1.54, 1.807) is 7.05 Å². The smallest absolute Gasteiger partial charge is 0.191 e. The number of hydrogen-bond acceptors (Lipinski definition) is 3. The van der Waals surface area contributed by atoms with Crippen molar-refractivity contribution in [2.45, 2.75) is 46.6 Å². The Labute approximate surface area is 125 Å². The molecule has 0 saturated heterocycles. The van der Waals surface area contributed by atoms with Crippen LogP contribution in [0.15, 0.2) is 4.99 Å². The summed E-state index contributed by atoms with van der Waals surface area (Å²) in [6, 6.07) is 0. The molecular weight excluding hydrogens is 252 g/mol. The van der Waals surface area contributed by atoms with Gasteiger partial charge in [-0.3, -0.25) is 4.99 Å². The van der Waals surface area contributed by atoms with Crippen molar-refractivity contribution in [2.24, 2.45) is 10.9 Å². The van der Waals surface area contributed by atoms with E-state index in [-0.39, 0.29) is 5.54 Å². The number of hydrogen-bond donors (Lipinski definition) is 3. The van der Waals surface area contributed by atoms with Crippen molar-refractivity contribution >= 4 is 5.96 Å². The zero-order chi connectivity index (χ0) is 15.4. The lowest BCUT2D eigenvalue weighted by Gasteiger charge is -2.21. The number of nitrogens with one attached hydrogen (secondary N) is 3. The van der Waals surface area contributed by atoms with Crippen molar-refractivity contribution in [3.8, 4) is 0 Å². The molecule has 0 atom stereocenters. The Balaban J connectivity index is 3.53. The lowest BCUT2D eigenvalue weighted by atomic mass is 10.1. The minimum absolute atomic E-state index is 0.156. The summed E-state index contributed by atoms with van der Waals surface area (Å²) in [6.07, 6.45) is 1.12. The van der Waals surface area contributed by atoms with Crippen molar-refractivity contribution < 1.29 is 4.74 Å². The summed E-state index contributed by atoms with van der Waals surface area (Å²) < 4.78 is 5.55. The largest absolute Gasteiger partial charge is 0.380 e. The Bertz CT molecular complexity index is 259. The first kappa shape index (κ1) is 19.2. The molecule has 0 unspecified atom stereocenters. The van der Waals surface area contributed by atoms with Gasteiger partial charge in [0, 0.05) is 38.8 Å². The maximum absolute atomic E-state index is 5.55. The highest BCUT2D eigenvalue weighted by Gasteiger charge is 2.07. The number of rotatable bonds is 9. The minimum Gasteiger partial charge on any atom is -0.380 e. The molecule has 0 saturated carbocycles. The van der Waals surface area contributed by atoms with E-state index >= 15 is 0 Å². The number of aliphatic imine (C=N–C) groups is 1. The number of guanidine groups is 1. The Kier molecular flexibility index (Phi) is 10.5. The standard InChI is InChI=1S/C15H34N4O/c1-13(2)7-11-20-12-10-18-14(16-6)17-8-9-19-15(3,4)5/h13,19H,7-12H2,1-6H3,(H2,16,17,18). The molecule has 0 rings (SSSR count). The first-order chi connectivity index (χ1) is 9.35. The zero-order valence-corrected chi connectivity index (χ0v) is 14.2. The van der Waals surface area contributed by atoms with E-state index in [2.05, 4.69) is 55.6 Å². The van der Waals surface area contributed by atoms with Gasteiger partial charge in [0.15, 0.2) is 5.96 Å². The molecule has 0 heterocycles. The van der Waals surface area contributed by atoms with Gasteiger partial charge >= 0.3 is 0 Å².